The van der Waals surface area contributed by atoms with Crippen LogP contribution in [0.25, 0.3) is 6.08 Å². The molecule has 0 unspecified atom stereocenters. The van der Waals surface area contributed by atoms with E-state index in [4.69, 9.17) is 17.4 Å². The number of thioether (sulfide) groups is 1. The maximum atomic E-state index is 13.0. The van der Waals surface area contributed by atoms with Gasteiger partial charge < -0.3 is 11.2 Å². The minimum Gasteiger partial charge on any atom is -0.334 e. The van der Waals surface area contributed by atoms with E-state index in [2.05, 4.69) is 26.0 Å². The van der Waals surface area contributed by atoms with E-state index in [9.17, 15) is 18.0 Å². The number of carbonyl (C=O) groups is 1. The summed E-state index contributed by atoms with van der Waals surface area (Å²) in [6.45, 7) is 1.78. The van der Waals surface area contributed by atoms with Gasteiger partial charge in [-0.2, -0.15) is 18.3 Å². The third kappa shape index (κ3) is 6.99. The first-order valence-corrected chi connectivity index (χ1v) is 11.0. The minimum absolute atomic E-state index is 0.0349. The van der Waals surface area contributed by atoms with E-state index in [0.717, 1.165) is 34.1 Å². The van der Waals surface area contributed by atoms with Crippen LogP contribution in [-0.2, 0) is 11.0 Å². The molecule has 0 saturated heterocycles. The summed E-state index contributed by atoms with van der Waals surface area (Å²) in [6, 6.07) is 12.8. The highest BCUT2D eigenvalue weighted by Gasteiger charge is 2.33. The van der Waals surface area contributed by atoms with Crippen molar-refractivity contribution >= 4 is 52.7 Å². The zero-order valence-electron chi connectivity index (χ0n) is 17.7. The molecule has 4 N–H and O–H groups in total. The predicted molar refractivity (Wildman–Crippen MR) is 128 cm³/mol. The number of nitrogens with one attached hydrogen (secondary N) is 2. The number of hydrogen-bond donors (Lipinski definition) is 3. The standard InChI is InChI=1S/C21H19ClF3N7OS/c1-13(7-8-14-5-3-2-4-6-14)28-29-19-30-31-20(32(19)26)34-12-18(33)27-15-9-10-17(22)16(11-15)21(23,24)25/h2-11H,12,26H2,1H3,(H,27,33)(H,29,30)/b8-7+,28-13+. The van der Waals surface area contributed by atoms with Crippen LogP contribution in [-0.4, -0.2) is 32.2 Å². The van der Waals surface area contributed by atoms with Crippen LogP contribution in [0.1, 0.15) is 18.1 Å². The lowest BCUT2D eigenvalue weighted by molar-refractivity contribution is -0.137. The third-order valence-corrected chi connectivity index (χ3v) is 5.47. The van der Waals surface area contributed by atoms with Gasteiger partial charge in [-0.15, -0.1) is 10.2 Å². The van der Waals surface area contributed by atoms with Crippen LogP contribution in [0.4, 0.5) is 24.8 Å². The molecule has 8 nitrogen and oxygen atoms in total. The molecule has 178 valence electrons. The van der Waals surface area contributed by atoms with E-state index in [1.807, 2.05) is 36.4 Å². The maximum absolute atomic E-state index is 13.0. The van der Waals surface area contributed by atoms with Crippen LogP contribution in [0.15, 0.2) is 64.9 Å². The molecule has 0 spiro atoms. The van der Waals surface area contributed by atoms with Gasteiger partial charge in [-0.25, -0.2) is 10.1 Å². The number of nitrogen functional groups attached to an aromatic ring is 1. The highest BCUT2D eigenvalue weighted by Crippen LogP contribution is 2.36. The number of benzene rings is 2. The number of nitrogens with two attached hydrogens (primary N) is 1. The average Bonchev–Trinajstić information content (AvgIpc) is 3.15. The maximum Gasteiger partial charge on any atom is 0.417 e. The Balaban J connectivity index is 1.55. The first kappa shape index (κ1) is 25.1. The Labute approximate surface area is 202 Å². The normalized spacial score (nSPS) is 12.2. The quantitative estimate of drug-likeness (QED) is 0.172. The fraction of sp³-hybridized carbons (Fsp3) is 0.143. The van der Waals surface area contributed by atoms with Crippen LogP contribution in [0.5, 0.6) is 0 Å². The summed E-state index contributed by atoms with van der Waals surface area (Å²) in [4.78, 5) is 12.2. The highest BCUT2D eigenvalue weighted by molar-refractivity contribution is 7.99. The van der Waals surface area contributed by atoms with Gasteiger partial charge in [-0.05, 0) is 36.8 Å². The van der Waals surface area contributed by atoms with Gasteiger partial charge in [-0.1, -0.05) is 59.8 Å². The first-order chi connectivity index (χ1) is 16.1. The summed E-state index contributed by atoms with van der Waals surface area (Å²) < 4.78 is 40.0. The van der Waals surface area contributed by atoms with Crippen molar-refractivity contribution in [1.29, 1.82) is 0 Å². The number of nitrogens with zero attached hydrogens (tertiary/aromatic N) is 4. The molecule has 0 aliphatic heterocycles. The van der Waals surface area contributed by atoms with Gasteiger partial charge in [0.2, 0.25) is 11.1 Å². The fourth-order valence-electron chi connectivity index (χ4n) is 2.56. The molecule has 1 aromatic heterocycles. The lowest BCUT2D eigenvalue weighted by atomic mass is 10.2. The summed E-state index contributed by atoms with van der Waals surface area (Å²) >= 11 is 6.53. The summed E-state index contributed by atoms with van der Waals surface area (Å²) in [5.74, 6) is 5.35. The Morgan fingerprint density at radius 1 is 1.24 bits per heavy atom. The zero-order chi connectivity index (χ0) is 24.7. The summed E-state index contributed by atoms with van der Waals surface area (Å²) in [5, 5.41) is 14.0. The van der Waals surface area contributed by atoms with Gasteiger partial charge >= 0.3 is 6.18 Å². The van der Waals surface area contributed by atoms with E-state index in [0.29, 0.717) is 5.71 Å². The van der Waals surface area contributed by atoms with Crippen molar-refractivity contribution < 1.29 is 18.0 Å². The number of amides is 1. The van der Waals surface area contributed by atoms with Crippen molar-refractivity contribution in [2.45, 2.75) is 18.3 Å². The number of allylic oxidation sites excluding steroid dienone is 1. The summed E-state index contributed by atoms with van der Waals surface area (Å²) in [6.07, 6.45) is -0.934. The molecule has 3 aromatic rings. The van der Waals surface area contributed by atoms with Gasteiger partial charge in [0, 0.05) is 5.69 Å². The van der Waals surface area contributed by atoms with Crippen LogP contribution < -0.4 is 16.6 Å². The Bertz CT molecular complexity index is 1210. The van der Waals surface area contributed by atoms with Crippen molar-refractivity contribution in [2.24, 2.45) is 5.10 Å². The fourth-order valence-corrected chi connectivity index (χ4v) is 3.44. The molecule has 0 radical (unpaired) electrons. The van der Waals surface area contributed by atoms with Crippen LogP contribution in [0.2, 0.25) is 5.02 Å². The van der Waals surface area contributed by atoms with E-state index in [-0.39, 0.29) is 22.5 Å². The van der Waals surface area contributed by atoms with Gasteiger partial charge in [0.15, 0.2) is 0 Å². The van der Waals surface area contributed by atoms with E-state index in [1.165, 1.54) is 6.07 Å². The lowest BCUT2D eigenvalue weighted by Crippen LogP contribution is -2.17. The number of hydrazone groups is 1. The molecule has 0 aliphatic rings. The number of alkyl halides is 3. The average molecular weight is 510 g/mol. The van der Waals surface area contributed by atoms with Crippen LogP contribution in [0, 0.1) is 0 Å². The van der Waals surface area contributed by atoms with Gasteiger partial charge in [0.05, 0.1) is 22.1 Å². The molecule has 0 aliphatic carbocycles. The lowest BCUT2D eigenvalue weighted by Gasteiger charge is -2.11. The number of aromatic nitrogens is 3. The number of hydrogen-bond acceptors (Lipinski definition) is 7. The molecular weight excluding hydrogens is 491 g/mol. The summed E-state index contributed by atoms with van der Waals surface area (Å²) in [5.41, 5.74) is 3.29. The largest absolute Gasteiger partial charge is 0.417 e. The molecule has 0 bridgehead atoms. The highest BCUT2D eigenvalue weighted by atomic mass is 35.5. The van der Waals surface area contributed by atoms with Crippen molar-refractivity contribution in [2.75, 3.05) is 22.3 Å². The SMILES string of the molecule is CC(/C=C/c1ccccc1)=N\Nc1nnc(SCC(=O)Nc2ccc(Cl)c(C(F)(F)F)c2)n1N. The molecule has 13 heteroatoms. The molecule has 1 heterocycles. The van der Waals surface area contributed by atoms with Crippen LogP contribution >= 0.6 is 23.4 Å². The van der Waals surface area contributed by atoms with Crippen molar-refractivity contribution in [3.63, 3.8) is 0 Å². The minimum atomic E-state index is -4.63. The predicted octanol–water partition coefficient (Wildman–Crippen LogP) is 4.90. The first-order valence-electron chi connectivity index (χ1n) is 9.67. The van der Waals surface area contributed by atoms with Gasteiger partial charge in [0.1, 0.15) is 0 Å². The summed E-state index contributed by atoms with van der Waals surface area (Å²) in [7, 11) is 0. The molecule has 0 atom stereocenters. The smallest absolute Gasteiger partial charge is 0.334 e. The molecule has 3 rings (SSSR count). The van der Waals surface area contributed by atoms with E-state index >= 15 is 0 Å². The second kappa shape index (κ2) is 11.1. The number of carbonyl (C=O) groups excluding carboxylic acids is 1. The monoisotopic (exact) mass is 509 g/mol. The Morgan fingerprint density at radius 2 is 1.97 bits per heavy atom. The molecule has 2 aromatic carbocycles. The Morgan fingerprint density at radius 3 is 2.68 bits per heavy atom. The van der Waals surface area contributed by atoms with Crippen molar-refractivity contribution in [3.8, 4) is 0 Å². The van der Waals surface area contributed by atoms with Gasteiger partial charge in [0.25, 0.3) is 5.95 Å². The molecule has 34 heavy (non-hydrogen) atoms. The Hall–Kier alpha value is -3.51. The third-order valence-electron chi connectivity index (χ3n) is 4.20. The zero-order valence-corrected chi connectivity index (χ0v) is 19.2. The second-order valence-corrected chi connectivity index (χ2v) is 8.16. The number of rotatable bonds is 8. The van der Waals surface area contributed by atoms with Gasteiger partial charge in [-0.3, -0.25) is 4.79 Å². The van der Waals surface area contributed by atoms with Crippen molar-refractivity contribution in [1.82, 2.24) is 14.9 Å². The van der Waals surface area contributed by atoms with E-state index < -0.39 is 22.7 Å². The number of halogens is 4. The second-order valence-electron chi connectivity index (χ2n) is 6.81. The molecule has 0 fully saturated rings. The molecule has 0 saturated carbocycles. The topological polar surface area (TPSA) is 110 Å². The molecule has 1 amide bonds. The van der Waals surface area contributed by atoms with Crippen molar-refractivity contribution in [3.05, 3.63) is 70.8 Å². The Kier molecular flexibility index (Phi) is 8.18. The molecular formula is C21H19ClF3N7OS. The van der Waals surface area contributed by atoms with Crippen LogP contribution in [0.3, 0.4) is 0 Å². The number of anilines is 2. The van der Waals surface area contributed by atoms with E-state index in [1.54, 1.807) is 13.0 Å².